The van der Waals surface area contributed by atoms with Crippen molar-refractivity contribution in [1.82, 2.24) is 0 Å². The van der Waals surface area contributed by atoms with Crippen LogP contribution in [0.1, 0.15) is 11.1 Å². The largest absolute Gasteiger partial charge is 0.145 e. The highest BCUT2D eigenvalue weighted by atomic mass is 16.3. The van der Waals surface area contributed by atoms with Crippen LogP contribution in [0.25, 0.3) is 11.1 Å². The molecular formula is C14H13NO. The number of benzene rings is 2. The van der Waals surface area contributed by atoms with Gasteiger partial charge in [-0.25, -0.2) is 0 Å². The van der Waals surface area contributed by atoms with Crippen LogP contribution in [0, 0.1) is 18.8 Å². The first kappa shape index (κ1) is 10.6. The number of rotatable bonds is 2. The minimum atomic E-state index is 0.535. The van der Waals surface area contributed by atoms with Gasteiger partial charge in [0.15, 0.2) is 0 Å². The Labute approximate surface area is 94.9 Å². The maximum atomic E-state index is 10.9. The van der Waals surface area contributed by atoms with E-state index >= 15 is 0 Å². The molecule has 2 heteroatoms. The van der Waals surface area contributed by atoms with Crippen LogP contribution in [0.4, 0.5) is 5.69 Å². The van der Waals surface area contributed by atoms with E-state index in [1.54, 1.807) is 0 Å². The molecule has 0 bridgehead atoms. The first-order valence-electron chi connectivity index (χ1n) is 5.22. The van der Waals surface area contributed by atoms with E-state index in [1.807, 2.05) is 50.2 Å². The van der Waals surface area contributed by atoms with Crippen molar-refractivity contribution in [1.29, 1.82) is 0 Å². The lowest BCUT2D eigenvalue weighted by Crippen LogP contribution is -1.82. The van der Waals surface area contributed by atoms with Gasteiger partial charge < -0.3 is 0 Å². The number of nitroso groups, excluding NO2 is 1. The molecule has 0 N–H and O–H groups in total. The van der Waals surface area contributed by atoms with Crippen molar-refractivity contribution < 1.29 is 0 Å². The van der Waals surface area contributed by atoms with E-state index in [1.165, 1.54) is 5.56 Å². The van der Waals surface area contributed by atoms with Crippen molar-refractivity contribution in [3.8, 4) is 11.1 Å². The van der Waals surface area contributed by atoms with Crippen molar-refractivity contribution in [2.24, 2.45) is 5.18 Å². The molecule has 80 valence electrons. The first-order valence-corrected chi connectivity index (χ1v) is 5.22. The molecule has 0 amide bonds. The summed E-state index contributed by atoms with van der Waals surface area (Å²) in [6, 6.07) is 13.9. The van der Waals surface area contributed by atoms with Crippen LogP contribution in [-0.4, -0.2) is 0 Å². The van der Waals surface area contributed by atoms with Crippen molar-refractivity contribution >= 4 is 5.69 Å². The van der Waals surface area contributed by atoms with Crippen LogP contribution >= 0.6 is 0 Å². The van der Waals surface area contributed by atoms with E-state index in [0.29, 0.717) is 5.69 Å². The van der Waals surface area contributed by atoms with Gasteiger partial charge in [0.2, 0.25) is 0 Å². The zero-order chi connectivity index (χ0) is 11.5. The van der Waals surface area contributed by atoms with Gasteiger partial charge in [-0.15, -0.1) is 4.91 Å². The Kier molecular flexibility index (Phi) is 2.82. The second-order valence-corrected chi connectivity index (χ2v) is 3.93. The van der Waals surface area contributed by atoms with E-state index in [-0.39, 0.29) is 0 Å². The molecule has 2 nitrogen and oxygen atoms in total. The molecule has 0 saturated carbocycles. The molecule has 2 rings (SSSR count). The van der Waals surface area contributed by atoms with Gasteiger partial charge in [0.25, 0.3) is 0 Å². The fourth-order valence-electron chi connectivity index (χ4n) is 1.83. The van der Waals surface area contributed by atoms with Crippen LogP contribution in [-0.2, 0) is 0 Å². The summed E-state index contributed by atoms with van der Waals surface area (Å²) in [5.41, 5.74) is 4.56. The van der Waals surface area contributed by atoms with E-state index in [4.69, 9.17) is 0 Å². The second-order valence-electron chi connectivity index (χ2n) is 3.93. The van der Waals surface area contributed by atoms with Gasteiger partial charge in [-0.05, 0) is 30.2 Å². The summed E-state index contributed by atoms with van der Waals surface area (Å²) in [5, 5.41) is 3.13. The van der Waals surface area contributed by atoms with Crippen molar-refractivity contribution in [3.05, 3.63) is 58.5 Å². The number of hydrogen-bond donors (Lipinski definition) is 0. The minimum absolute atomic E-state index is 0.535. The van der Waals surface area contributed by atoms with E-state index < -0.39 is 0 Å². The lowest BCUT2D eigenvalue weighted by atomic mass is 9.99. The Morgan fingerprint density at radius 1 is 1.00 bits per heavy atom. The van der Waals surface area contributed by atoms with E-state index in [2.05, 4.69) is 11.2 Å². The molecule has 0 saturated heterocycles. The Morgan fingerprint density at radius 3 is 2.44 bits per heavy atom. The normalized spacial score (nSPS) is 10.1. The van der Waals surface area contributed by atoms with Crippen molar-refractivity contribution in [3.63, 3.8) is 0 Å². The Hall–Kier alpha value is -1.96. The van der Waals surface area contributed by atoms with E-state index in [9.17, 15) is 4.91 Å². The highest BCUT2D eigenvalue weighted by molar-refractivity contribution is 5.78. The summed E-state index contributed by atoms with van der Waals surface area (Å²) in [5.74, 6) is 0. The number of nitrogens with zero attached hydrogens (tertiary/aromatic N) is 1. The zero-order valence-electron chi connectivity index (χ0n) is 9.40. The van der Waals surface area contributed by atoms with Crippen molar-refractivity contribution in [2.45, 2.75) is 13.8 Å². The molecule has 0 aliphatic carbocycles. The molecule has 0 unspecified atom stereocenters. The molecule has 0 aliphatic heterocycles. The summed E-state index contributed by atoms with van der Waals surface area (Å²) in [6.45, 7) is 3.93. The van der Waals surface area contributed by atoms with Gasteiger partial charge >= 0.3 is 0 Å². The van der Waals surface area contributed by atoms with Crippen LogP contribution < -0.4 is 0 Å². The Bertz CT molecular complexity index is 532. The molecule has 0 heterocycles. The van der Waals surface area contributed by atoms with Crippen molar-refractivity contribution in [2.75, 3.05) is 0 Å². The standard InChI is InChI=1S/C14H13NO/c1-10-5-3-7-12(9-10)13-8-4-6-11(2)14(13)15-16/h3-9H,1-2H3. The molecule has 16 heavy (non-hydrogen) atoms. The highest BCUT2D eigenvalue weighted by Gasteiger charge is 2.07. The monoisotopic (exact) mass is 211 g/mol. The van der Waals surface area contributed by atoms with E-state index in [0.717, 1.165) is 16.7 Å². The Morgan fingerprint density at radius 2 is 1.75 bits per heavy atom. The van der Waals surface area contributed by atoms with Crippen LogP contribution in [0.3, 0.4) is 0 Å². The fourth-order valence-corrected chi connectivity index (χ4v) is 1.83. The third-order valence-electron chi connectivity index (χ3n) is 2.66. The summed E-state index contributed by atoms with van der Waals surface area (Å²) in [4.78, 5) is 10.9. The SMILES string of the molecule is Cc1cccc(-c2cccc(C)c2N=O)c1. The molecule has 2 aromatic carbocycles. The quantitative estimate of drug-likeness (QED) is 0.678. The second kappa shape index (κ2) is 4.27. The maximum Gasteiger partial charge on any atom is 0.118 e. The summed E-state index contributed by atoms with van der Waals surface area (Å²) >= 11 is 0. The van der Waals surface area contributed by atoms with Gasteiger partial charge in [-0.1, -0.05) is 48.0 Å². The average Bonchev–Trinajstić information content (AvgIpc) is 2.28. The molecule has 0 atom stereocenters. The lowest BCUT2D eigenvalue weighted by molar-refractivity contribution is 1.38. The summed E-state index contributed by atoms with van der Waals surface area (Å²) in [7, 11) is 0. The molecule has 0 radical (unpaired) electrons. The van der Waals surface area contributed by atoms with Gasteiger partial charge in [0, 0.05) is 5.56 Å². The Balaban J connectivity index is 2.64. The predicted molar refractivity (Wildman–Crippen MR) is 66.8 cm³/mol. The summed E-state index contributed by atoms with van der Waals surface area (Å²) < 4.78 is 0. The molecular weight excluding hydrogens is 198 g/mol. The smallest absolute Gasteiger partial charge is 0.118 e. The topological polar surface area (TPSA) is 29.4 Å². The summed E-state index contributed by atoms with van der Waals surface area (Å²) in [6.07, 6.45) is 0. The predicted octanol–water partition coefficient (Wildman–Crippen LogP) is 4.37. The number of hydrogen-bond acceptors (Lipinski definition) is 2. The highest BCUT2D eigenvalue weighted by Crippen LogP contribution is 2.33. The van der Waals surface area contributed by atoms with Gasteiger partial charge in [0.1, 0.15) is 5.69 Å². The lowest BCUT2D eigenvalue weighted by Gasteiger charge is -2.06. The van der Waals surface area contributed by atoms with Crippen LogP contribution in [0.2, 0.25) is 0 Å². The van der Waals surface area contributed by atoms with Gasteiger partial charge in [-0.2, -0.15) is 0 Å². The molecule has 2 aromatic rings. The average molecular weight is 211 g/mol. The zero-order valence-corrected chi connectivity index (χ0v) is 9.40. The first-order chi connectivity index (χ1) is 7.72. The molecule has 0 aromatic heterocycles. The van der Waals surface area contributed by atoms with Crippen LogP contribution in [0.15, 0.2) is 47.6 Å². The maximum absolute atomic E-state index is 10.9. The van der Waals surface area contributed by atoms with Gasteiger partial charge in [-0.3, -0.25) is 0 Å². The third-order valence-corrected chi connectivity index (χ3v) is 2.66. The molecule has 0 spiro atoms. The third kappa shape index (κ3) is 1.87. The fraction of sp³-hybridized carbons (Fsp3) is 0.143. The van der Waals surface area contributed by atoms with Crippen LogP contribution in [0.5, 0.6) is 0 Å². The molecule has 0 fully saturated rings. The minimum Gasteiger partial charge on any atom is -0.145 e. The number of aryl methyl sites for hydroxylation is 2. The van der Waals surface area contributed by atoms with Gasteiger partial charge in [0.05, 0.1) is 0 Å². The molecule has 0 aliphatic rings.